The van der Waals surface area contributed by atoms with Crippen LogP contribution in [0.25, 0.3) is 11.1 Å². The van der Waals surface area contributed by atoms with Crippen molar-refractivity contribution in [2.75, 3.05) is 18.6 Å². The lowest BCUT2D eigenvalue weighted by Crippen LogP contribution is -2.47. The molecule has 0 aromatic heterocycles. The number of carboxylic acids is 1. The molecule has 2 N–H and O–H groups in total. The Kier molecular flexibility index (Phi) is 6.49. The largest absolute Gasteiger partial charge is 0.482 e. The van der Waals surface area contributed by atoms with Gasteiger partial charge in [-0.05, 0) is 46.5 Å². The van der Waals surface area contributed by atoms with Crippen molar-refractivity contribution in [1.82, 2.24) is 0 Å². The number of benzene rings is 3. The van der Waals surface area contributed by atoms with E-state index in [9.17, 15) is 33.0 Å². The number of fused-ring (bicyclic) bond motifs is 1. The number of halogens is 4. The Morgan fingerprint density at radius 1 is 1.11 bits per heavy atom. The number of nitrogens with zero attached hydrogens (tertiary/aromatic N) is 1. The van der Waals surface area contributed by atoms with Crippen molar-refractivity contribution in [3.05, 3.63) is 82.4 Å². The van der Waals surface area contributed by atoms with Gasteiger partial charge in [0.2, 0.25) is 0 Å². The molecule has 0 saturated carbocycles. The first-order chi connectivity index (χ1) is 16.9. The first kappa shape index (κ1) is 25.5. The van der Waals surface area contributed by atoms with E-state index in [4.69, 9.17) is 16.3 Å². The minimum atomic E-state index is -5.11. The van der Waals surface area contributed by atoms with E-state index < -0.39 is 35.1 Å². The van der Waals surface area contributed by atoms with Crippen molar-refractivity contribution in [2.45, 2.75) is 24.6 Å². The molecule has 3 aromatic rings. The van der Waals surface area contributed by atoms with Crippen molar-refractivity contribution in [1.29, 1.82) is 0 Å². The molecule has 1 heterocycles. The van der Waals surface area contributed by atoms with Crippen LogP contribution in [0.5, 0.6) is 5.75 Å². The van der Waals surface area contributed by atoms with Crippen LogP contribution < -0.4 is 9.64 Å². The van der Waals surface area contributed by atoms with Gasteiger partial charge in [0.05, 0.1) is 11.3 Å². The Morgan fingerprint density at radius 3 is 2.44 bits per heavy atom. The number of carbonyl (C=O) groups excluding carboxylic acids is 1. The molecule has 188 valence electrons. The molecule has 4 rings (SSSR count). The van der Waals surface area contributed by atoms with Crippen LogP contribution in [0.3, 0.4) is 0 Å². The van der Waals surface area contributed by atoms with Gasteiger partial charge in [0.1, 0.15) is 5.75 Å². The minimum Gasteiger partial charge on any atom is -0.482 e. The number of amides is 1. The highest BCUT2D eigenvalue weighted by Crippen LogP contribution is 2.51. The van der Waals surface area contributed by atoms with E-state index >= 15 is 0 Å². The van der Waals surface area contributed by atoms with Gasteiger partial charge >= 0.3 is 12.1 Å². The number of anilines is 1. The van der Waals surface area contributed by atoms with E-state index in [0.717, 1.165) is 12.1 Å². The predicted molar refractivity (Wildman–Crippen MR) is 128 cm³/mol. The second kappa shape index (κ2) is 9.15. The van der Waals surface area contributed by atoms with Crippen molar-refractivity contribution < 1.29 is 37.7 Å². The number of hydrogen-bond acceptors (Lipinski definition) is 4. The third-order valence-electron chi connectivity index (χ3n) is 6.48. The normalized spacial score (nSPS) is 16.1. The lowest BCUT2D eigenvalue weighted by molar-refractivity contribution is -0.274. The molecule has 6 nitrogen and oxygen atoms in total. The fraction of sp³-hybridized carbons (Fsp3) is 0.231. The lowest BCUT2D eigenvalue weighted by Gasteiger charge is -2.38. The van der Waals surface area contributed by atoms with Gasteiger partial charge in [0, 0.05) is 18.0 Å². The van der Waals surface area contributed by atoms with Crippen LogP contribution in [-0.2, 0) is 10.4 Å². The summed E-state index contributed by atoms with van der Waals surface area (Å²) < 4.78 is 48.7. The standard InChI is InChI=1S/C26H21ClF3NO5/c1-14(17-9-7-15(11-20(17)27)18-5-3-4-6-19(18)24(33)34)25(35,26(28,29)30)16-8-10-22-21(12-16)31(2)23(32)13-36-22/h3-12,14,35H,13H2,1-2H3,(H,33,34). The first-order valence-electron chi connectivity index (χ1n) is 10.8. The van der Waals surface area contributed by atoms with Crippen molar-refractivity contribution >= 4 is 29.2 Å². The van der Waals surface area contributed by atoms with Crippen LogP contribution in [0.2, 0.25) is 5.02 Å². The number of ether oxygens (including phenoxy) is 1. The van der Waals surface area contributed by atoms with Gasteiger partial charge in [-0.15, -0.1) is 0 Å². The molecule has 1 amide bonds. The fourth-order valence-corrected chi connectivity index (χ4v) is 4.70. The smallest absolute Gasteiger partial charge is 0.422 e. The summed E-state index contributed by atoms with van der Waals surface area (Å²) in [6, 6.07) is 13.8. The Morgan fingerprint density at radius 2 is 1.81 bits per heavy atom. The van der Waals surface area contributed by atoms with Gasteiger partial charge in [-0.3, -0.25) is 4.79 Å². The first-order valence-corrected chi connectivity index (χ1v) is 11.2. The molecule has 0 bridgehead atoms. The van der Waals surface area contributed by atoms with E-state index in [1.54, 1.807) is 18.2 Å². The summed E-state index contributed by atoms with van der Waals surface area (Å²) in [6.07, 6.45) is -5.11. The maximum atomic E-state index is 14.5. The number of carboxylic acid groups (broad SMARTS) is 1. The SMILES string of the molecule is CC(c1ccc(-c2ccccc2C(=O)O)cc1Cl)C(O)(c1ccc2c(c1)N(C)C(=O)CO2)C(F)(F)F. The van der Waals surface area contributed by atoms with Crippen LogP contribution in [-0.4, -0.2) is 41.9 Å². The molecular formula is C26H21ClF3NO5. The zero-order valence-corrected chi connectivity index (χ0v) is 19.9. The van der Waals surface area contributed by atoms with Gasteiger partial charge in [-0.2, -0.15) is 13.2 Å². The zero-order chi connectivity index (χ0) is 26.4. The maximum Gasteiger partial charge on any atom is 0.422 e. The Bertz CT molecular complexity index is 1360. The number of carbonyl (C=O) groups is 2. The molecule has 2 atom stereocenters. The van der Waals surface area contributed by atoms with Crippen molar-refractivity contribution in [3.63, 3.8) is 0 Å². The number of aliphatic hydroxyl groups is 1. The average molecular weight is 520 g/mol. The van der Waals surface area contributed by atoms with E-state index in [1.807, 2.05) is 0 Å². The fourth-order valence-electron chi connectivity index (χ4n) is 4.36. The third kappa shape index (κ3) is 4.18. The van der Waals surface area contributed by atoms with Crippen LogP contribution in [0.1, 0.15) is 34.3 Å². The summed E-state index contributed by atoms with van der Waals surface area (Å²) in [5, 5.41) is 20.6. The highest BCUT2D eigenvalue weighted by Gasteiger charge is 2.59. The molecule has 0 aliphatic carbocycles. The van der Waals surface area contributed by atoms with Gasteiger partial charge in [-0.25, -0.2) is 4.79 Å². The van der Waals surface area contributed by atoms with Crippen LogP contribution >= 0.6 is 11.6 Å². The van der Waals surface area contributed by atoms with Gasteiger partial charge in [-0.1, -0.05) is 54.9 Å². The third-order valence-corrected chi connectivity index (χ3v) is 6.81. The molecule has 0 fully saturated rings. The molecule has 1 aliphatic heterocycles. The summed E-state index contributed by atoms with van der Waals surface area (Å²) in [6.45, 7) is 0.958. The molecule has 0 radical (unpaired) electrons. The molecule has 3 aromatic carbocycles. The Hall–Kier alpha value is -3.56. The van der Waals surface area contributed by atoms with E-state index in [1.165, 1.54) is 49.2 Å². The molecule has 1 aliphatic rings. The molecule has 36 heavy (non-hydrogen) atoms. The predicted octanol–water partition coefficient (Wildman–Crippen LogP) is 5.61. The van der Waals surface area contributed by atoms with Crippen LogP contribution in [0.4, 0.5) is 18.9 Å². The highest BCUT2D eigenvalue weighted by atomic mass is 35.5. The zero-order valence-electron chi connectivity index (χ0n) is 19.1. The van der Waals surface area contributed by atoms with Crippen LogP contribution in [0.15, 0.2) is 60.7 Å². The summed E-state index contributed by atoms with van der Waals surface area (Å²) >= 11 is 6.41. The van der Waals surface area contributed by atoms with Crippen LogP contribution in [0, 0.1) is 0 Å². The van der Waals surface area contributed by atoms with Crippen molar-refractivity contribution in [3.8, 4) is 16.9 Å². The molecular weight excluding hydrogens is 499 g/mol. The number of rotatable bonds is 5. The Balaban J connectivity index is 1.80. The number of hydrogen-bond donors (Lipinski definition) is 2. The lowest BCUT2D eigenvalue weighted by atomic mass is 9.77. The van der Waals surface area contributed by atoms with Crippen molar-refractivity contribution in [2.24, 2.45) is 0 Å². The van der Waals surface area contributed by atoms with E-state index in [0.29, 0.717) is 11.1 Å². The molecule has 0 saturated heterocycles. The summed E-state index contributed by atoms with van der Waals surface area (Å²) in [4.78, 5) is 24.7. The minimum absolute atomic E-state index is 0.00597. The van der Waals surface area contributed by atoms with E-state index in [2.05, 4.69) is 0 Å². The highest BCUT2D eigenvalue weighted by molar-refractivity contribution is 6.31. The summed E-state index contributed by atoms with van der Waals surface area (Å²) in [5.41, 5.74) is -2.99. The number of alkyl halides is 3. The molecule has 10 heteroatoms. The van der Waals surface area contributed by atoms with Gasteiger partial charge < -0.3 is 19.8 Å². The molecule has 0 spiro atoms. The summed E-state index contributed by atoms with van der Waals surface area (Å²) in [7, 11) is 1.41. The van der Waals surface area contributed by atoms with E-state index in [-0.39, 0.29) is 34.2 Å². The topological polar surface area (TPSA) is 87.1 Å². The van der Waals surface area contributed by atoms with Gasteiger partial charge in [0.15, 0.2) is 12.2 Å². The molecule has 2 unspecified atom stereocenters. The second-order valence-electron chi connectivity index (χ2n) is 8.50. The number of aromatic carboxylic acids is 1. The summed E-state index contributed by atoms with van der Waals surface area (Å²) in [5.74, 6) is -2.95. The quantitative estimate of drug-likeness (QED) is 0.457. The Labute approximate surface area is 209 Å². The second-order valence-corrected chi connectivity index (χ2v) is 8.90. The number of likely N-dealkylation sites (N-methyl/N-ethyl adjacent to an activating group) is 1. The monoisotopic (exact) mass is 519 g/mol. The average Bonchev–Trinajstić information content (AvgIpc) is 2.84. The maximum absolute atomic E-state index is 14.5. The van der Waals surface area contributed by atoms with Gasteiger partial charge in [0.25, 0.3) is 5.91 Å².